The average Bonchev–Trinajstić information content (AvgIpc) is 3.47. The van der Waals surface area contributed by atoms with Crippen molar-refractivity contribution in [2.24, 2.45) is 5.92 Å². The summed E-state index contributed by atoms with van der Waals surface area (Å²) in [7, 11) is 1.35. The number of rotatable bonds is 10. The molecule has 3 aliphatic rings. The van der Waals surface area contributed by atoms with Gasteiger partial charge in [-0.15, -0.1) is 0 Å². The number of aliphatic hydroxyl groups is 1. The molecule has 1 aromatic rings. The molecular weight excluding hydrogens is 516 g/mol. The van der Waals surface area contributed by atoms with Crippen LogP contribution in [-0.2, 0) is 28.5 Å². The number of hydrogen-bond acceptors (Lipinski definition) is 9. The Morgan fingerprint density at radius 2 is 2.08 bits per heavy atom. The molecule has 1 unspecified atom stereocenters. The standard InChI is InChI=1S/C30H42N2O8/c1-18(7-10-26-29(35)30(17-37-30)16-22(40-26)15-28(34)36-5)6-9-25-20(3)14-24(21(4)39-25)31-27(33)11-8-19(2)23-12-13-38-32-23/h6-8,10-13,19-22,24-26,29,35H,9,14-17H2,1-5H3,(H,31,33)/b10-7+,11-8-,18-6+/t19?,20-,21+,22+,24+,25-,26+,29+,30+/m0/s1. The minimum atomic E-state index is -0.791. The molecule has 0 aromatic carbocycles. The molecule has 220 valence electrons. The molecule has 3 aliphatic heterocycles. The highest BCUT2D eigenvalue weighted by Crippen LogP contribution is 2.43. The zero-order valence-electron chi connectivity index (χ0n) is 23.9. The first-order valence-electron chi connectivity index (χ1n) is 14.0. The lowest BCUT2D eigenvalue weighted by molar-refractivity contribution is -0.157. The summed E-state index contributed by atoms with van der Waals surface area (Å²) in [6.07, 6.45) is 11.1. The maximum absolute atomic E-state index is 12.5. The first-order chi connectivity index (χ1) is 19.1. The lowest BCUT2D eigenvalue weighted by atomic mass is 9.87. The van der Waals surface area contributed by atoms with Crippen LogP contribution < -0.4 is 5.32 Å². The van der Waals surface area contributed by atoms with Crippen LogP contribution in [0.1, 0.15) is 65.0 Å². The number of nitrogens with zero attached hydrogens (tertiary/aromatic N) is 1. The third-order valence-electron chi connectivity index (χ3n) is 8.14. The van der Waals surface area contributed by atoms with Gasteiger partial charge in [-0.2, -0.15) is 0 Å². The van der Waals surface area contributed by atoms with Crippen LogP contribution in [0.25, 0.3) is 0 Å². The van der Waals surface area contributed by atoms with Gasteiger partial charge in [0.25, 0.3) is 0 Å². The number of aromatic nitrogens is 1. The molecule has 0 saturated carbocycles. The van der Waals surface area contributed by atoms with Gasteiger partial charge >= 0.3 is 5.97 Å². The zero-order chi connectivity index (χ0) is 28.9. The van der Waals surface area contributed by atoms with E-state index in [2.05, 4.69) is 23.5 Å². The van der Waals surface area contributed by atoms with Gasteiger partial charge in [-0.05, 0) is 38.7 Å². The number of carbonyl (C=O) groups excluding carboxylic acids is 2. The van der Waals surface area contributed by atoms with Crippen molar-refractivity contribution < 1.29 is 38.2 Å². The maximum Gasteiger partial charge on any atom is 0.308 e. The van der Waals surface area contributed by atoms with Gasteiger partial charge in [0, 0.05) is 18.4 Å². The van der Waals surface area contributed by atoms with Gasteiger partial charge in [0.15, 0.2) is 0 Å². The molecule has 10 nitrogen and oxygen atoms in total. The van der Waals surface area contributed by atoms with E-state index in [9.17, 15) is 14.7 Å². The number of amides is 1. The summed E-state index contributed by atoms with van der Waals surface area (Å²) in [5.41, 5.74) is 1.16. The number of nitrogens with one attached hydrogen (secondary N) is 1. The molecule has 0 bridgehead atoms. The van der Waals surface area contributed by atoms with Crippen molar-refractivity contribution in [3.63, 3.8) is 0 Å². The Balaban J connectivity index is 1.26. The fourth-order valence-corrected chi connectivity index (χ4v) is 5.42. The molecule has 10 heteroatoms. The smallest absolute Gasteiger partial charge is 0.308 e. The maximum atomic E-state index is 12.5. The van der Waals surface area contributed by atoms with E-state index in [1.807, 2.05) is 39.0 Å². The van der Waals surface area contributed by atoms with Gasteiger partial charge in [0.05, 0.1) is 50.2 Å². The third kappa shape index (κ3) is 7.69. The molecular formula is C30H42N2O8. The van der Waals surface area contributed by atoms with Crippen molar-refractivity contribution >= 4 is 11.9 Å². The Labute approximate surface area is 235 Å². The summed E-state index contributed by atoms with van der Waals surface area (Å²) in [6, 6.07) is 1.71. The van der Waals surface area contributed by atoms with Crippen LogP contribution in [0.2, 0.25) is 0 Å². The molecule has 3 saturated heterocycles. The second-order valence-corrected chi connectivity index (χ2v) is 11.3. The van der Waals surface area contributed by atoms with E-state index in [0.29, 0.717) is 13.0 Å². The number of ether oxygens (including phenoxy) is 4. The molecule has 0 aliphatic carbocycles. The van der Waals surface area contributed by atoms with Crippen LogP contribution in [0.15, 0.2) is 52.8 Å². The first-order valence-corrected chi connectivity index (χ1v) is 14.0. The van der Waals surface area contributed by atoms with Crippen molar-refractivity contribution in [3.05, 3.63) is 54.0 Å². The Morgan fingerprint density at radius 3 is 2.75 bits per heavy atom. The molecule has 4 heterocycles. The average molecular weight is 559 g/mol. The predicted molar refractivity (Wildman–Crippen MR) is 146 cm³/mol. The highest BCUT2D eigenvalue weighted by atomic mass is 16.6. The van der Waals surface area contributed by atoms with Crippen LogP contribution in [-0.4, -0.2) is 78.0 Å². The monoisotopic (exact) mass is 558 g/mol. The van der Waals surface area contributed by atoms with Gasteiger partial charge < -0.3 is 33.9 Å². The Morgan fingerprint density at radius 1 is 1.30 bits per heavy atom. The largest absolute Gasteiger partial charge is 0.469 e. The zero-order valence-corrected chi connectivity index (χ0v) is 23.9. The second-order valence-electron chi connectivity index (χ2n) is 11.3. The Bertz CT molecular complexity index is 1090. The number of allylic oxidation sites excluding steroid dienone is 3. The van der Waals surface area contributed by atoms with Gasteiger partial charge in [-0.1, -0.05) is 48.9 Å². The van der Waals surface area contributed by atoms with Gasteiger partial charge in [0.1, 0.15) is 24.1 Å². The van der Waals surface area contributed by atoms with Crippen molar-refractivity contribution in [1.29, 1.82) is 0 Å². The minimum Gasteiger partial charge on any atom is -0.469 e. The summed E-state index contributed by atoms with van der Waals surface area (Å²) < 4.78 is 27.5. The van der Waals surface area contributed by atoms with Crippen molar-refractivity contribution in [2.75, 3.05) is 13.7 Å². The van der Waals surface area contributed by atoms with E-state index in [0.717, 1.165) is 24.1 Å². The van der Waals surface area contributed by atoms with Crippen LogP contribution in [0.4, 0.5) is 0 Å². The van der Waals surface area contributed by atoms with Crippen LogP contribution in [0.5, 0.6) is 0 Å². The SMILES string of the molecule is COC(=O)C[C@@H]1C[C@@]2(CO2)[C@H](O)[C@@H](/C=C/C(C)=C/C[C@@H]2O[C@H](C)[C@H](NC(=O)/C=C\C(C)c3ccon3)C[C@@H]2C)O1. The number of carbonyl (C=O) groups is 2. The summed E-state index contributed by atoms with van der Waals surface area (Å²) in [5.74, 6) is -0.263. The normalized spacial score (nSPS) is 35.2. The molecule has 0 radical (unpaired) electrons. The third-order valence-corrected chi connectivity index (χ3v) is 8.14. The van der Waals surface area contributed by atoms with E-state index in [1.165, 1.54) is 13.4 Å². The molecule has 1 aromatic heterocycles. The molecule has 3 fully saturated rings. The van der Waals surface area contributed by atoms with Gasteiger partial charge in [0.2, 0.25) is 5.91 Å². The van der Waals surface area contributed by atoms with E-state index in [1.54, 1.807) is 12.1 Å². The van der Waals surface area contributed by atoms with Gasteiger partial charge in [-0.3, -0.25) is 9.59 Å². The summed E-state index contributed by atoms with van der Waals surface area (Å²) in [5, 5.41) is 17.8. The van der Waals surface area contributed by atoms with Crippen LogP contribution >= 0.6 is 0 Å². The lowest BCUT2D eigenvalue weighted by Gasteiger charge is -2.39. The van der Waals surface area contributed by atoms with Crippen molar-refractivity contribution in [1.82, 2.24) is 10.5 Å². The number of esters is 1. The van der Waals surface area contributed by atoms with Crippen molar-refractivity contribution in [3.8, 4) is 0 Å². The number of hydrogen-bond donors (Lipinski definition) is 2. The van der Waals surface area contributed by atoms with Crippen LogP contribution in [0.3, 0.4) is 0 Å². The topological polar surface area (TPSA) is 133 Å². The number of methoxy groups -OCH3 is 1. The Kier molecular flexibility index (Phi) is 9.99. The van der Waals surface area contributed by atoms with E-state index < -0.39 is 17.8 Å². The quantitative estimate of drug-likeness (QED) is 0.192. The fourth-order valence-electron chi connectivity index (χ4n) is 5.42. The van der Waals surface area contributed by atoms with Crippen LogP contribution in [0, 0.1) is 5.92 Å². The second kappa shape index (κ2) is 13.2. The minimum absolute atomic E-state index is 0.0192. The van der Waals surface area contributed by atoms with Crippen molar-refractivity contribution in [2.45, 2.75) is 101 Å². The van der Waals surface area contributed by atoms with Gasteiger partial charge in [-0.25, -0.2) is 0 Å². The summed E-state index contributed by atoms with van der Waals surface area (Å²) in [4.78, 5) is 24.3. The predicted octanol–water partition coefficient (Wildman–Crippen LogP) is 3.38. The molecule has 1 spiro atoms. The van der Waals surface area contributed by atoms with E-state index in [4.69, 9.17) is 23.5 Å². The first kappa shape index (κ1) is 30.2. The summed E-state index contributed by atoms with van der Waals surface area (Å²) >= 11 is 0. The molecule has 4 rings (SSSR count). The number of epoxide rings is 1. The molecule has 40 heavy (non-hydrogen) atoms. The fraction of sp³-hybridized carbons (Fsp3) is 0.633. The highest BCUT2D eigenvalue weighted by Gasteiger charge is 2.58. The lowest BCUT2D eigenvalue weighted by Crippen LogP contribution is -2.50. The van der Waals surface area contributed by atoms with E-state index >= 15 is 0 Å². The molecule has 9 atom stereocenters. The highest BCUT2D eigenvalue weighted by molar-refractivity contribution is 5.87. The molecule has 1 amide bonds. The summed E-state index contributed by atoms with van der Waals surface area (Å²) in [6.45, 7) is 8.54. The van der Waals surface area contributed by atoms with E-state index in [-0.39, 0.29) is 54.5 Å². The Hall–Kier alpha value is -2.79. The number of aliphatic hydroxyl groups excluding tert-OH is 1. The molecule has 2 N–H and O–H groups in total.